The van der Waals surface area contributed by atoms with Gasteiger partial charge in [0.25, 0.3) is 0 Å². The first kappa shape index (κ1) is 31.3. The summed E-state index contributed by atoms with van der Waals surface area (Å²) in [5.74, 6) is 0. The second kappa shape index (κ2) is 12.1. The highest BCUT2D eigenvalue weighted by atomic mass is 15.1. The second-order valence-electron chi connectivity index (χ2n) is 15.3. The molecule has 0 heterocycles. The van der Waals surface area contributed by atoms with E-state index in [1.165, 1.54) is 88.1 Å². The van der Waals surface area contributed by atoms with Gasteiger partial charge in [0.15, 0.2) is 0 Å². The van der Waals surface area contributed by atoms with E-state index in [-0.39, 0.29) is 5.41 Å². The van der Waals surface area contributed by atoms with E-state index in [1.807, 2.05) is 0 Å². The van der Waals surface area contributed by atoms with E-state index >= 15 is 0 Å². The molecule has 0 fully saturated rings. The summed E-state index contributed by atoms with van der Waals surface area (Å²) in [4.78, 5) is 2.42. The van der Waals surface area contributed by atoms with Crippen molar-refractivity contribution in [2.45, 2.75) is 26.2 Å². The molecule has 0 unspecified atom stereocenters. The standard InChI is InChI=1S/C52H39N/c1-52(2,3)48-25-15-16-26-49(48)53(38-21-11-6-12-22-38)39-28-27-36-30-42-43(31-37(36)29-39)45-33-47-46(32-44(42)45)50(34-17-7-4-8-18-34)40-23-13-14-24-41(40)51(47)35-19-9-5-10-20-35/h4-33H,1-3H3. The first-order valence-corrected chi connectivity index (χ1v) is 18.6. The third-order valence-electron chi connectivity index (χ3n) is 11.1. The number of hydrogen-bond donors (Lipinski definition) is 0. The van der Waals surface area contributed by atoms with Gasteiger partial charge in [0.2, 0.25) is 0 Å². The Bertz CT molecular complexity index is 2840. The summed E-state index contributed by atoms with van der Waals surface area (Å²) in [5.41, 5.74) is 15.2. The fourth-order valence-corrected chi connectivity index (χ4v) is 8.61. The maximum atomic E-state index is 2.47. The third kappa shape index (κ3) is 5.07. The van der Waals surface area contributed by atoms with Crippen LogP contribution in [-0.2, 0) is 5.41 Å². The third-order valence-corrected chi connectivity index (χ3v) is 11.1. The van der Waals surface area contributed by atoms with Gasteiger partial charge in [-0.3, -0.25) is 0 Å². The average Bonchev–Trinajstić information content (AvgIpc) is 3.19. The predicted molar refractivity (Wildman–Crippen MR) is 228 cm³/mol. The van der Waals surface area contributed by atoms with Crippen LogP contribution in [0.2, 0.25) is 0 Å². The molecule has 53 heavy (non-hydrogen) atoms. The quantitative estimate of drug-likeness (QED) is 0.164. The zero-order valence-corrected chi connectivity index (χ0v) is 30.3. The fraction of sp³-hybridized carbons (Fsp3) is 0.0769. The number of hydrogen-bond acceptors (Lipinski definition) is 1. The van der Waals surface area contributed by atoms with Gasteiger partial charge in [0.05, 0.1) is 0 Å². The van der Waals surface area contributed by atoms with Gasteiger partial charge in [0, 0.05) is 17.1 Å². The Balaban J connectivity index is 1.19. The van der Waals surface area contributed by atoms with Crippen LogP contribution >= 0.6 is 0 Å². The van der Waals surface area contributed by atoms with Crippen LogP contribution in [0.4, 0.5) is 17.1 Å². The molecule has 0 spiro atoms. The fourth-order valence-electron chi connectivity index (χ4n) is 8.61. The number of para-hydroxylation sites is 2. The van der Waals surface area contributed by atoms with Gasteiger partial charge in [-0.25, -0.2) is 0 Å². The molecule has 9 aromatic rings. The molecule has 1 aliphatic rings. The molecular formula is C52H39N. The molecule has 0 aromatic heterocycles. The summed E-state index contributed by atoms with van der Waals surface area (Å²) in [6.07, 6.45) is 0. The van der Waals surface area contributed by atoms with E-state index in [1.54, 1.807) is 0 Å². The van der Waals surface area contributed by atoms with E-state index in [0.717, 1.165) is 11.4 Å². The van der Waals surface area contributed by atoms with Crippen molar-refractivity contribution >= 4 is 49.4 Å². The molecule has 0 radical (unpaired) electrons. The van der Waals surface area contributed by atoms with Crippen LogP contribution < -0.4 is 4.90 Å². The van der Waals surface area contributed by atoms with E-state index in [4.69, 9.17) is 0 Å². The number of benzene rings is 9. The highest BCUT2D eigenvalue weighted by molar-refractivity contribution is 6.24. The van der Waals surface area contributed by atoms with Gasteiger partial charge in [-0.1, -0.05) is 148 Å². The van der Waals surface area contributed by atoms with Crippen molar-refractivity contribution in [3.8, 4) is 44.5 Å². The molecule has 0 amide bonds. The first-order chi connectivity index (χ1) is 25.9. The molecule has 9 aromatic carbocycles. The van der Waals surface area contributed by atoms with Gasteiger partial charge in [-0.05, 0) is 142 Å². The molecule has 1 nitrogen and oxygen atoms in total. The zero-order valence-electron chi connectivity index (χ0n) is 30.3. The van der Waals surface area contributed by atoms with Crippen molar-refractivity contribution in [2.24, 2.45) is 0 Å². The SMILES string of the molecule is CC(C)(C)c1ccccc1N(c1ccccc1)c1ccc2cc3c(cc2c1)-c1cc2c(-c4ccccc4)c4ccccc4c(-c4ccccc4)c2cc1-3. The minimum atomic E-state index is -0.0137. The van der Waals surface area contributed by atoms with Crippen molar-refractivity contribution in [3.63, 3.8) is 0 Å². The molecular weight excluding hydrogens is 639 g/mol. The van der Waals surface area contributed by atoms with E-state index in [9.17, 15) is 0 Å². The summed E-state index contributed by atoms with van der Waals surface area (Å²) >= 11 is 0. The number of fused-ring (bicyclic) bond motifs is 7. The van der Waals surface area contributed by atoms with Gasteiger partial charge in [0.1, 0.15) is 0 Å². The first-order valence-electron chi connectivity index (χ1n) is 18.6. The topological polar surface area (TPSA) is 3.24 Å². The van der Waals surface area contributed by atoms with Crippen LogP contribution in [0.5, 0.6) is 0 Å². The molecule has 1 aliphatic carbocycles. The van der Waals surface area contributed by atoms with Crippen molar-refractivity contribution < 1.29 is 0 Å². The summed E-state index contributed by atoms with van der Waals surface area (Å²) < 4.78 is 0. The Hall–Kier alpha value is -6.44. The van der Waals surface area contributed by atoms with Crippen LogP contribution in [0, 0.1) is 0 Å². The maximum Gasteiger partial charge on any atom is 0.0498 e. The monoisotopic (exact) mass is 677 g/mol. The molecule has 0 atom stereocenters. The van der Waals surface area contributed by atoms with Crippen LogP contribution in [0.15, 0.2) is 182 Å². The largest absolute Gasteiger partial charge is 0.310 e. The Morgan fingerprint density at radius 3 is 1.40 bits per heavy atom. The molecule has 10 rings (SSSR count). The normalized spacial score (nSPS) is 12.1. The lowest BCUT2D eigenvalue weighted by molar-refractivity contribution is 0.591. The van der Waals surface area contributed by atoms with Crippen molar-refractivity contribution in [2.75, 3.05) is 4.90 Å². The zero-order chi connectivity index (χ0) is 35.7. The molecule has 0 bridgehead atoms. The van der Waals surface area contributed by atoms with E-state index in [2.05, 4.69) is 208 Å². The van der Waals surface area contributed by atoms with Crippen LogP contribution in [-0.4, -0.2) is 0 Å². The highest BCUT2D eigenvalue weighted by Gasteiger charge is 2.28. The lowest BCUT2D eigenvalue weighted by Gasteiger charge is -2.32. The highest BCUT2D eigenvalue weighted by Crippen LogP contribution is 2.54. The van der Waals surface area contributed by atoms with Crippen LogP contribution in [0.1, 0.15) is 26.3 Å². The minimum absolute atomic E-state index is 0.0137. The lowest BCUT2D eigenvalue weighted by Crippen LogP contribution is -2.19. The number of rotatable bonds is 5. The van der Waals surface area contributed by atoms with E-state index < -0.39 is 0 Å². The summed E-state index contributed by atoms with van der Waals surface area (Å²) in [6.45, 7) is 6.89. The summed E-state index contributed by atoms with van der Waals surface area (Å²) in [7, 11) is 0. The maximum absolute atomic E-state index is 2.47. The molecule has 0 saturated carbocycles. The molecule has 252 valence electrons. The Kier molecular flexibility index (Phi) is 7.13. The molecule has 1 heteroatoms. The molecule has 0 N–H and O–H groups in total. The number of anilines is 3. The Morgan fingerprint density at radius 1 is 0.358 bits per heavy atom. The lowest BCUT2D eigenvalue weighted by atomic mass is 9.75. The van der Waals surface area contributed by atoms with Crippen LogP contribution in [0.3, 0.4) is 0 Å². The van der Waals surface area contributed by atoms with Gasteiger partial charge < -0.3 is 4.90 Å². The smallest absolute Gasteiger partial charge is 0.0498 e. The van der Waals surface area contributed by atoms with Crippen molar-refractivity contribution in [1.29, 1.82) is 0 Å². The van der Waals surface area contributed by atoms with Gasteiger partial charge >= 0.3 is 0 Å². The Labute approximate surface area is 311 Å². The van der Waals surface area contributed by atoms with Crippen molar-refractivity contribution in [1.82, 2.24) is 0 Å². The summed E-state index contributed by atoms with van der Waals surface area (Å²) in [5, 5.41) is 7.65. The predicted octanol–water partition coefficient (Wildman–Crippen LogP) is 14.9. The van der Waals surface area contributed by atoms with Crippen LogP contribution in [0.25, 0.3) is 76.8 Å². The number of nitrogens with zero attached hydrogens (tertiary/aromatic N) is 1. The second-order valence-corrected chi connectivity index (χ2v) is 15.3. The molecule has 0 saturated heterocycles. The summed E-state index contributed by atoms with van der Waals surface area (Å²) in [6, 6.07) is 67.1. The minimum Gasteiger partial charge on any atom is -0.310 e. The van der Waals surface area contributed by atoms with E-state index in [0.29, 0.717) is 0 Å². The van der Waals surface area contributed by atoms with Crippen molar-refractivity contribution in [3.05, 3.63) is 188 Å². The van der Waals surface area contributed by atoms with Gasteiger partial charge in [-0.15, -0.1) is 0 Å². The molecule has 0 aliphatic heterocycles. The average molecular weight is 678 g/mol. The Morgan fingerprint density at radius 2 is 0.830 bits per heavy atom. The van der Waals surface area contributed by atoms with Gasteiger partial charge in [-0.2, -0.15) is 0 Å².